The van der Waals surface area contributed by atoms with Crippen LogP contribution in [0.3, 0.4) is 0 Å². The molecule has 0 unspecified atom stereocenters. The molecule has 0 aliphatic rings. The van der Waals surface area contributed by atoms with Gasteiger partial charge in [-0.15, -0.1) is 12.6 Å². The van der Waals surface area contributed by atoms with Gasteiger partial charge in [0.25, 0.3) is 0 Å². The van der Waals surface area contributed by atoms with E-state index >= 15 is 0 Å². The molecule has 0 amide bonds. The van der Waals surface area contributed by atoms with Gasteiger partial charge in [0.2, 0.25) is 0 Å². The van der Waals surface area contributed by atoms with Gasteiger partial charge in [0.15, 0.2) is 0 Å². The Morgan fingerprint density at radius 1 is 1.71 bits per heavy atom. The van der Waals surface area contributed by atoms with E-state index in [0.29, 0.717) is 0 Å². The second-order valence-corrected chi connectivity index (χ2v) is 1.29. The Hall–Kier alpha value is 0.755. The van der Waals surface area contributed by atoms with Gasteiger partial charge in [0, 0.05) is 35.6 Å². The largest absolute Gasteiger partial charge is 0.477 e. The van der Waals surface area contributed by atoms with Crippen LogP contribution >= 0.6 is 12.6 Å². The Labute approximate surface area is 75.0 Å². The van der Waals surface area contributed by atoms with Crippen molar-refractivity contribution in [2.75, 3.05) is 0 Å². The zero-order chi connectivity index (χ0) is 5.15. The van der Waals surface area contributed by atoms with Gasteiger partial charge in [-0.2, -0.15) is 0 Å². The molecular weight excluding hydrogens is 239 g/mol. The fourth-order valence-corrected chi connectivity index (χ4v) is 0. The molecule has 0 aromatic carbocycles. The van der Waals surface area contributed by atoms with Crippen molar-refractivity contribution >= 4 is 18.6 Å². The van der Waals surface area contributed by atoms with Gasteiger partial charge in [-0.3, -0.25) is 0 Å². The molecule has 0 saturated carbocycles. The average Bonchev–Trinajstić information content (AvgIpc) is 1.36. The van der Waals surface area contributed by atoms with Crippen LogP contribution in [-0.2, 0) is 4.79 Å². The number of thiol groups is 1. The van der Waals surface area contributed by atoms with Crippen LogP contribution < -0.4 is 0 Å². The van der Waals surface area contributed by atoms with Crippen molar-refractivity contribution in [1.29, 1.82) is 0 Å². The average molecular weight is 243 g/mol. The molecular formula is C3H4LaO2S. The maximum absolute atomic E-state index is 9.52. The Bertz CT molecular complexity index is 78.9. The quantitative estimate of drug-likeness (QED) is 0.520. The Morgan fingerprint density at radius 2 is 1.86 bits per heavy atom. The summed E-state index contributed by atoms with van der Waals surface area (Å²) in [5.74, 6) is -1.07. The third-order valence-corrected chi connectivity index (χ3v) is 0.438. The molecule has 37 valence electrons. The van der Waals surface area contributed by atoms with E-state index in [1.807, 2.05) is 0 Å². The van der Waals surface area contributed by atoms with Gasteiger partial charge < -0.3 is 5.11 Å². The monoisotopic (exact) mass is 243 g/mol. The van der Waals surface area contributed by atoms with Crippen molar-refractivity contribution in [2.45, 2.75) is 0 Å². The van der Waals surface area contributed by atoms with Crippen molar-refractivity contribution in [2.24, 2.45) is 0 Å². The standard InChI is InChI=1S/C3H4O2S.La/c1-2(6)3(4)5;/h6H,1H2,(H,4,5);. The molecule has 0 rings (SSSR count). The van der Waals surface area contributed by atoms with E-state index in [1.165, 1.54) is 0 Å². The van der Waals surface area contributed by atoms with E-state index in [0.717, 1.165) is 0 Å². The molecule has 0 fully saturated rings. The smallest absolute Gasteiger partial charge is 0.341 e. The molecule has 2 nitrogen and oxygen atoms in total. The van der Waals surface area contributed by atoms with E-state index < -0.39 is 5.97 Å². The summed E-state index contributed by atoms with van der Waals surface area (Å²) in [5, 5.41) is 7.81. The Kier molecular flexibility index (Phi) is 7.48. The van der Waals surface area contributed by atoms with Gasteiger partial charge in [0.05, 0.1) is 4.91 Å². The van der Waals surface area contributed by atoms with Crippen LogP contribution in [0.15, 0.2) is 11.5 Å². The van der Waals surface area contributed by atoms with Gasteiger partial charge in [-0.25, -0.2) is 4.79 Å². The van der Waals surface area contributed by atoms with Crippen molar-refractivity contribution in [3.8, 4) is 0 Å². The SMILES string of the molecule is C=C(S)C(=O)O.[La]. The molecule has 0 aliphatic heterocycles. The minimum Gasteiger partial charge on any atom is -0.477 e. The predicted molar refractivity (Wildman–Crippen MR) is 25.8 cm³/mol. The molecule has 0 aromatic rings. The maximum Gasteiger partial charge on any atom is 0.341 e. The van der Waals surface area contributed by atoms with Crippen LogP contribution in [-0.4, -0.2) is 11.1 Å². The second kappa shape index (κ2) is 4.90. The molecule has 1 N–H and O–H groups in total. The maximum atomic E-state index is 9.52. The zero-order valence-electron chi connectivity index (χ0n) is 3.59. The van der Waals surface area contributed by atoms with Crippen LogP contribution in [0, 0.1) is 35.6 Å². The minimum absolute atomic E-state index is 0. The molecule has 1 radical (unpaired) electrons. The summed E-state index contributed by atoms with van der Waals surface area (Å²) in [7, 11) is 0. The molecule has 0 saturated heterocycles. The number of hydrogen-bond donors (Lipinski definition) is 2. The number of aliphatic carboxylic acids is 1. The van der Waals surface area contributed by atoms with Crippen molar-refractivity contribution in [3.63, 3.8) is 0 Å². The third kappa shape index (κ3) is 6.75. The minimum atomic E-state index is -1.07. The molecule has 0 bridgehead atoms. The van der Waals surface area contributed by atoms with Crippen molar-refractivity contribution < 1.29 is 45.5 Å². The van der Waals surface area contributed by atoms with Crippen LogP contribution in [0.25, 0.3) is 0 Å². The first kappa shape index (κ1) is 10.7. The summed E-state index contributed by atoms with van der Waals surface area (Å²) < 4.78 is 0. The fraction of sp³-hybridized carbons (Fsp3) is 0. The first-order valence-electron chi connectivity index (χ1n) is 1.25. The van der Waals surface area contributed by atoms with Crippen LogP contribution in [0.2, 0.25) is 0 Å². The molecule has 0 aromatic heterocycles. The van der Waals surface area contributed by atoms with Gasteiger partial charge >= 0.3 is 5.97 Å². The Balaban J connectivity index is 0. The van der Waals surface area contributed by atoms with E-state index in [-0.39, 0.29) is 40.5 Å². The van der Waals surface area contributed by atoms with Crippen molar-refractivity contribution in [1.82, 2.24) is 0 Å². The van der Waals surface area contributed by atoms with Gasteiger partial charge in [0.1, 0.15) is 0 Å². The molecule has 7 heavy (non-hydrogen) atoms. The first-order chi connectivity index (χ1) is 2.64. The second-order valence-electron chi connectivity index (χ2n) is 0.752. The number of hydrogen-bond acceptors (Lipinski definition) is 2. The summed E-state index contributed by atoms with van der Waals surface area (Å²) in [6.07, 6.45) is 0. The van der Waals surface area contributed by atoms with E-state index in [4.69, 9.17) is 5.11 Å². The molecule has 4 heteroatoms. The van der Waals surface area contributed by atoms with E-state index in [1.54, 1.807) is 0 Å². The Morgan fingerprint density at radius 3 is 1.86 bits per heavy atom. The fourth-order valence-electron chi connectivity index (χ4n) is 0. The molecule has 0 heterocycles. The van der Waals surface area contributed by atoms with Gasteiger partial charge in [-0.05, 0) is 0 Å². The summed E-state index contributed by atoms with van der Waals surface area (Å²) in [6, 6.07) is 0. The number of carboxylic acids is 1. The van der Waals surface area contributed by atoms with Gasteiger partial charge in [-0.1, -0.05) is 6.58 Å². The third-order valence-electron chi connectivity index (χ3n) is 0.247. The van der Waals surface area contributed by atoms with E-state index in [2.05, 4.69) is 19.2 Å². The summed E-state index contributed by atoms with van der Waals surface area (Å²) in [6.45, 7) is 3.02. The summed E-state index contributed by atoms with van der Waals surface area (Å²) in [4.78, 5) is 9.39. The zero-order valence-corrected chi connectivity index (χ0v) is 8.11. The van der Waals surface area contributed by atoms with Crippen LogP contribution in [0.4, 0.5) is 0 Å². The van der Waals surface area contributed by atoms with Crippen molar-refractivity contribution in [3.05, 3.63) is 11.5 Å². The van der Waals surface area contributed by atoms with Crippen LogP contribution in [0.1, 0.15) is 0 Å². The number of carboxylic acid groups (broad SMARTS) is 1. The summed E-state index contributed by atoms with van der Waals surface area (Å²) >= 11 is 3.40. The molecule has 0 aliphatic carbocycles. The summed E-state index contributed by atoms with van der Waals surface area (Å²) in [5.41, 5.74) is 0. The van der Waals surface area contributed by atoms with E-state index in [9.17, 15) is 4.79 Å². The van der Waals surface area contributed by atoms with Crippen LogP contribution in [0.5, 0.6) is 0 Å². The normalized spacial score (nSPS) is 6.43. The molecule has 0 spiro atoms. The topological polar surface area (TPSA) is 37.3 Å². The number of carbonyl (C=O) groups is 1. The number of rotatable bonds is 1. The predicted octanol–water partition coefficient (Wildman–Crippen LogP) is 0.514. The first-order valence-corrected chi connectivity index (χ1v) is 1.70. The molecule has 0 atom stereocenters.